The zero-order chi connectivity index (χ0) is 53.2. The molecule has 0 radical (unpaired) electrons. The van der Waals surface area contributed by atoms with Crippen LogP contribution in [0.1, 0.15) is 71.0 Å². The summed E-state index contributed by atoms with van der Waals surface area (Å²) in [6, 6.07) is 43.4. The average Bonchev–Trinajstić information content (AvgIpc) is 3.47. The Morgan fingerprint density at radius 2 is 0.908 bits per heavy atom. The van der Waals surface area contributed by atoms with Crippen LogP contribution in [0.4, 0.5) is 0 Å². The monoisotopic (exact) mass is 1040 g/mol. The third-order valence-corrected chi connectivity index (χ3v) is 13.7. The lowest BCUT2D eigenvalue weighted by Gasteiger charge is -2.51. The Balaban J connectivity index is 1.19. The summed E-state index contributed by atoms with van der Waals surface area (Å²) >= 11 is 0. The van der Waals surface area contributed by atoms with Gasteiger partial charge in [0.25, 0.3) is 0 Å². The van der Waals surface area contributed by atoms with Crippen molar-refractivity contribution >= 4 is 11.9 Å². The van der Waals surface area contributed by atoms with Crippen molar-refractivity contribution < 1.29 is 61.7 Å². The highest BCUT2D eigenvalue weighted by Gasteiger charge is 2.56. The topological polar surface area (TPSA) is 233 Å². The molecule has 3 fully saturated rings. The van der Waals surface area contributed by atoms with Crippen molar-refractivity contribution in [2.45, 2.75) is 139 Å². The summed E-state index contributed by atoms with van der Waals surface area (Å²) in [7, 11) is 1.46. The van der Waals surface area contributed by atoms with Crippen molar-refractivity contribution in [1.82, 2.24) is 0 Å². The summed E-state index contributed by atoms with van der Waals surface area (Å²) in [6.45, 7) is 5.73. The Morgan fingerprint density at radius 3 is 1.39 bits per heavy atom. The standard InChI is InChI=1S/C57H64N6O13/c1-5-42-48(50(46(61-63-59)55(66-4)71-42)68-33-38-24-14-8-15-25-38)76-57-52(74-54(65)41-30-20-11-21-31-41)51(69-34-39-26-16-9-17-27-39)49(43(6-2)72-57)75-56-45(60-62-58)47(67-32-37-22-12-7-13-23-37)36(3)44(73-56)35-70-53(64)40-28-18-10-19-29-40/h7-31,36,42-52,55-57H,5-6,32-35H2,1-4H3/t36?,42?,43-,44?,45+,46+,47-,48?,49+,50-,51?,52?,55?,56?,57+/m0/s1. The van der Waals surface area contributed by atoms with Gasteiger partial charge < -0.3 is 52.1 Å². The van der Waals surface area contributed by atoms with Gasteiger partial charge >= 0.3 is 11.9 Å². The van der Waals surface area contributed by atoms with Crippen LogP contribution in [0, 0.1) is 5.92 Å². The summed E-state index contributed by atoms with van der Waals surface area (Å²) in [5.41, 5.74) is 23.2. The molecule has 3 aliphatic heterocycles. The van der Waals surface area contributed by atoms with Crippen molar-refractivity contribution in [1.29, 1.82) is 0 Å². The number of hydrogen-bond donors (Lipinski definition) is 0. The van der Waals surface area contributed by atoms with Gasteiger partial charge in [-0.1, -0.05) is 158 Å². The maximum Gasteiger partial charge on any atom is 0.338 e. The van der Waals surface area contributed by atoms with Crippen LogP contribution in [-0.4, -0.2) is 112 Å². The van der Waals surface area contributed by atoms with Gasteiger partial charge in [0, 0.05) is 22.9 Å². The minimum absolute atomic E-state index is 0.0124. The molecule has 3 heterocycles. The quantitative estimate of drug-likeness (QED) is 0.0257. The van der Waals surface area contributed by atoms with Crippen molar-refractivity contribution in [3.63, 3.8) is 0 Å². The fourth-order valence-corrected chi connectivity index (χ4v) is 9.73. The molecule has 0 spiro atoms. The second-order valence-corrected chi connectivity index (χ2v) is 18.6. The fraction of sp³-hybridized carbons (Fsp3) is 0.439. The molecule has 0 aliphatic carbocycles. The summed E-state index contributed by atoms with van der Waals surface area (Å²) in [6.07, 6.45) is -12.1. The summed E-state index contributed by atoms with van der Waals surface area (Å²) in [5, 5.41) is 8.37. The SMILES string of the molecule is CCC1OC(OC)[C@H](N=[N+]=[N-])[C@H](OCc2ccccc2)C1O[C@H]1O[C@@H](CC)[C@@H](OC2OC(COC(=O)c3ccccc3)C(C)[C@H](OCc3ccccc3)[C@H]2N=[N+]=[N-])C(OCc2ccccc2)C1OC(=O)c1ccccc1. The molecule has 19 nitrogen and oxygen atoms in total. The minimum atomic E-state index is -1.40. The summed E-state index contributed by atoms with van der Waals surface area (Å²) in [4.78, 5) is 34.2. The number of methoxy groups -OCH3 is 1. The molecule has 0 N–H and O–H groups in total. The van der Waals surface area contributed by atoms with Crippen LogP contribution in [0.5, 0.6) is 0 Å². The number of azide groups is 2. The molecule has 5 aromatic carbocycles. The van der Waals surface area contributed by atoms with E-state index in [0.29, 0.717) is 12.0 Å². The first kappa shape index (κ1) is 55.5. The molecule has 0 saturated carbocycles. The van der Waals surface area contributed by atoms with Gasteiger partial charge in [0.15, 0.2) is 25.0 Å². The predicted octanol–water partition coefficient (Wildman–Crippen LogP) is 10.2. The van der Waals surface area contributed by atoms with E-state index >= 15 is 0 Å². The first-order chi connectivity index (χ1) is 37.2. The molecule has 3 aliphatic rings. The molecule has 400 valence electrons. The van der Waals surface area contributed by atoms with Gasteiger partial charge in [-0.05, 0) is 64.9 Å². The summed E-state index contributed by atoms with van der Waals surface area (Å²) in [5.74, 6) is -1.79. The fourth-order valence-electron chi connectivity index (χ4n) is 9.73. The van der Waals surface area contributed by atoms with E-state index in [0.717, 1.165) is 16.7 Å². The van der Waals surface area contributed by atoms with Crippen LogP contribution in [0.2, 0.25) is 0 Å². The van der Waals surface area contributed by atoms with Gasteiger partial charge in [0.1, 0.15) is 43.1 Å². The van der Waals surface area contributed by atoms with Crippen molar-refractivity contribution in [2.24, 2.45) is 16.1 Å². The Bertz CT molecular complexity index is 2670. The number of esters is 2. The summed E-state index contributed by atoms with van der Waals surface area (Å²) < 4.78 is 72.7. The second-order valence-electron chi connectivity index (χ2n) is 18.6. The van der Waals surface area contributed by atoms with E-state index in [1.54, 1.807) is 60.7 Å². The lowest BCUT2D eigenvalue weighted by molar-refractivity contribution is -0.367. The highest BCUT2D eigenvalue weighted by Crippen LogP contribution is 2.40. The third-order valence-electron chi connectivity index (χ3n) is 13.7. The van der Waals surface area contributed by atoms with Crippen molar-refractivity contribution in [2.75, 3.05) is 13.7 Å². The number of carbonyl (C=O) groups is 2. The average molecular weight is 1040 g/mol. The molecule has 0 aromatic heterocycles. The first-order valence-electron chi connectivity index (χ1n) is 25.6. The number of nitrogens with zero attached hydrogens (tertiary/aromatic N) is 6. The third kappa shape index (κ3) is 14.0. The molecule has 76 heavy (non-hydrogen) atoms. The molecular weight excluding hydrogens is 977 g/mol. The smallest absolute Gasteiger partial charge is 0.338 e. The molecule has 3 saturated heterocycles. The second kappa shape index (κ2) is 27.9. The van der Waals surface area contributed by atoms with Gasteiger partial charge in [-0.25, -0.2) is 9.59 Å². The highest BCUT2D eigenvalue weighted by atomic mass is 16.8. The van der Waals surface area contributed by atoms with E-state index in [9.17, 15) is 20.7 Å². The van der Waals surface area contributed by atoms with Crippen LogP contribution >= 0.6 is 0 Å². The van der Waals surface area contributed by atoms with Gasteiger partial charge in [-0.3, -0.25) is 0 Å². The highest BCUT2D eigenvalue weighted by molar-refractivity contribution is 5.89. The number of ether oxygens (including phenoxy) is 11. The predicted molar refractivity (Wildman–Crippen MR) is 276 cm³/mol. The Labute approximate surface area is 441 Å². The van der Waals surface area contributed by atoms with Crippen LogP contribution in [0.3, 0.4) is 0 Å². The van der Waals surface area contributed by atoms with Crippen LogP contribution < -0.4 is 0 Å². The molecule has 0 bridgehead atoms. The lowest BCUT2D eigenvalue weighted by Crippen LogP contribution is -2.66. The molecule has 8 unspecified atom stereocenters. The Morgan fingerprint density at radius 1 is 0.500 bits per heavy atom. The number of rotatable bonds is 23. The number of hydrogen-bond acceptors (Lipinski definition) is 15. The van der Waals surface area contributed by atoms with Gasteiger partial charge in [-0.15, -0.1) is 0 Å². The molecule has 15 atom stereocenters. The lowest BCUT2D eigenvalue weighted by atomic mass is 9.89. The Kier molecular flexibility index (Phi) is 20.4. The number of carbonyl (C=O) groups excluding carboxylic acids is 2. The largest absolute Gasteiger partial charge is 0.459 e. The van der Waals surface area contributed by atoms with E-state index in [1.807, 2.05) is 112 Å². The molecular formula is C57H64N6O13. The first-order valence-corrected chi connectivity index (χ1v) is 25.6. The number of benzene rings is 5. The van der Waals surface area contributed by atoms with E-state index in [1.165, 1.54) is 7.11 Å². The van der Waals surface area contributed by atoms with Gasteiger partial charge in [-0.2, -0.15) is 0 Å². The zero-order valence-corrected chi connectivity index (χ0v) is 42.8. The normalized spacial score (nSPS) is 29.2. The molecule has 5 aromatic rings. The van der Waals surface area contributed by atoms with E-state index < -0.39 is 104 Å². The van der Waals surface area contributed by atoms with Gasteiger partial charge in [0.2, 0.25) is 0 Å². The van der Waals surface area contributed by atoms with E-state index in [2.05, 4.69) is 20.1 Å². The van der Waals surface area contributed by atoms with Crippen molar-refractivity contribution in [3.05, 3.63) is 200 Å². The van der Waals surface area contributed by atoms with Crippen LogP contribution in [-0.2, 0) is 71.9 Å². The van der Waals surface area contributed by atoms with Crippen LogP contribution in [0.15, 0.2) is 162 Å². The maximum absolute atomic E-state index is 14.5. The van der Waals surface area contributed by atoms with Gasteiger partial charge in [0.05, 0.1) is 55.4 Å². The molecule has 19 heteroatoms. The van der Waals surface area contributed by atoms with E-state index in [-0.39, 0.29) is 38.4 Å². The molecule has 0 amide bonds. The molecule has 8 rings (SSSR count). The zero-order valence-electron chi connectivity index (χ0n) is 42.8. The van der Waals surface area contributed by atoms with Crippen molar-refractivity contribution in [3.8, 4) is 0 Å². The Hall–Kier alpha value is -6.70. The maximum atomic E-state index is 14.5. The minimum Gasteiger partial charge on any atom is -0.459 e. The van der Waals surface area contributed by atoms with E-state index in [4.69, 9.17) is 52.1 Å². The van der Waals surface area contributed by atoms with Crippen LogP contribution in [0.25, 0.3) is 20.9 Å².